The van der Waals surface area contributed by atoms with Crippen LogP contribution in [0.1, 0.15) is 12.8 Å². The number of benzene rings is 2. The first-order valence-electron chi connectivity index (χ1n) is 9.44. The van der Waals surface area contributed by atoms with Gasteiger partial charge in [0.15, 0.2) is 0 Å². The molecule has 0 saturated carbocycles. The third-order valence-electron chi connectivity index (χ3n) is 4.70. The van der Waals surface area contributed by atoms with E-state index in [2.05, 4.69) is 30.7 Å². The Balaban J connectivity index is 1.60. The predicted molar refractivity (Wildman–Crippen MR) is 110 cm³/mol. The number of para-hydroxylation sites is 1. The summed E-state index contributed by atoms with van der Waals surface area (Å²) in [4.78, 5) is 9.10. The van der Waals surface area contributed by atoms with Crippen molar-refractivity contribution in [2.75, 3.05) is 23.7 Å². The van der Waals surface area contributed by atoms with Crippen LogP contribution in [0.5, 0.6) is 5.75 Å². The summed E-state index contributed by atoms with van der Waals surface area (Å²) < 4.78 is 41.2. The molecule has 1 aliphatic heterocycles. The number of ether oxygens (including phenoxy) is 1. The molecule has 10 heteroatoms. The third-order valence-corrected chi connectivity index (χ3v) is 4.99. The number of rotatable bonds is 5. The van der Waals surface area contributed by atoms with E-state index in [4.69, 9.17) is 11.6 Å². The minimum absolute atomic E-state index is 0.175. The van der Waals surface area contributed by atoms with E-state index < -0.39 is 12.1 Å². The van der Waals surface area contributed by atoms with Gasteiger partial charge in [0.2, 0.25) is 5.95 Å². The van der Waals surface area contributed by atoms with Gasteiger partial charge < -0.3 is 20.7 Å². The van der Waals surface area contributed by atoms with Crippen molar-refractivity contribution >= 4 is 40.0 Å². The van der Waals surface area contributed by atoms with Gasteiger partial charge in [-0.2, -0.15) is 4.98 Å². The van der Waals surface area contributed by atoms with Crippen molar-refractivity contribution in [1.29, 1.82) is 0 Å². The molecule has 0 unspecified atom stereocenters. The van der Waals surface area contributed by atoms with E-state index in [1.807, 2.05) is 24.3 Å². The fourth-order valence-corrected chi connectivity index (χ4v) is 3.54. The fraction of sp³-hybridized carbons (Fsp3) is 0.300. The lowest BCUT2D eigenvalue weighted by atomic mass is 10.1. The minimum Gasteiger partial charge on any atom is -0.404 e. The van der Waals surface area contributed by atoms with Gasteiger partial charge in [-0.1, -0.05) is 23.7 Å². The van der Waals surface area contributed by atoms with Crippen molar-refractivity contribution < 1.29 is 17.9 Å². The molecule has 6 nitrogen and oxygen atoms in total. The van der Waals surface area contributed by atoms with Gasteiger partial charge in [0.1, 0.15) is 11.6 Å². The number of nitrogens with zero attached hydrogens (tertiary/aromatic N) is 2. The largest absolute Gasteiger partial charge is 0.573 e. The van der Waals surface area contributed by atoms with Crippen LogP contribution in [0.2, 0.25) is 5.02 Å². The third kappa shape index (κ3) is 5.03. The first-order chi connectivity index (χ1) is 14.4. The Morgan fingerprint density at radius 3 is 2.57 bits per heavy atom. The van der Waals surface area contributed by atoms with Crippen LogP contribution in [0.4, 0.5) is 30.6 Å². The standard InChI is InChI=1S/C20H19ClF3N5O/c21-15-11-13(5-6-17(15)30-20(22,23)24)27-19-28-16-4-2-1-3-14(16)18(29-19)26-12-7-9-25-10-8-12/h1-6,11-12,25H,7-10H2,(H2,26,27,28,29). The Morgan fingerprint density at radius 2 is 1.83 bits per heavy atom. The maximum Gasteiger partial charge on any atom is 0.573 e. The van der Waals surface area contributed by atoms with Gasteiger partial charge in [-0.3, -0.25) is 0 Å². The Bertz CT molecular complexity index is 1040. The summed E-state index contributed by atoms with van der Waals surface area (Å²) in [6.07, 6.45) is -2.84. The molecule has 3 N–H and O–H groups in total. The maximum atomic E-state index is 12.4. The number of fused-ring (bicyclic) bond motifs is 1. The number of halogens is 4. The zero-order chi connectivity index (χ0) is 21.1. The van der Waals surface area contributed by atoms with Crippen LogP contribution in [0, 0.1) is 0 Å². The number of anilines is 3. The molecule has 4 rings (SSSR count). The number of hydrogen-bond acceptors (Lipinski definition) is 6. The summed E-state index contributed by atoms with van der Waals surface area (Å²) in [5.74, 6) is 0.547. The molecule has 30 heavy (non-hydrogen) atoms. The molecule has 0 spiro atoms. The second kappa shape index (κ2) is 8.53. The Kier molecular flexibility index (Phi) is 5.83. The molecule has 2 heterocycles. The van der Waals surface area contributed by atoms with E-state index >= 15 is 0 Å². The van der Waals surface area contributed by atoms with Gasteiger partial charge in [-0.25, -0.2) is 4.98 Å². The average Bonchev–Trinajstić information content (AvgIpc) is 2.70. The molecule has 0 amide bonds. The van der Waals surface area contributed by atoms with Crippen LogP contribution in [0.15, 0.2) is 42.5 Å². The van der Waals surface area contributed by atoms with E-state index in [0.29, 0.717) is 23.5 Å². The van der Waals surface area contributed by atoms with Crippen LogP contribution >= 0.6 is 11.6 Å². The number of aromatic nitrogens is 2. The molecule has 1 fully saturated rings. The average molecular weight is 438 g/mol. The smallest absolute Gasteiger partial charge is 0.404 e. The predicted octanol–water partition coefficient (Wildman–Crippen LogP) is 5.09. The highest BCUT2D eigenvalue weighted by Gasteiger charge is 2.32. The van der Waals surface area contributed by atoms with E-state index in [9.17, 15) is 13.2 Å². The van der Waals surface area contributed by atoms with Crippen molar-refractivity contribution in [1.82, 2.24) is 15.3 Å². The van der Waals surface area contributed by atoms with Crippen LogP contribution in [-0.4, -0.2) is 35.5 Å². The van der Waals surface area contributed by atoms with Gasteiger partial charge in [-0.05, 0) is 56.3 Å². The molecule has 0 aliphatic carbocycles. The summed E-state index contributed by atoms with van der Waals surface area (Å²) in [5, 5.41) is 10.6. The van der Waals surface area contributed by atoms with Crippen molar-refractivity contribution in [2.24, 2.45) is 0 Å². The molecule has 0 atom stereocenters. The summed E-state index contributed by atoms with van der Waals surface area (Å²) in [7, 11) is 0. The van der Waals surface area contributed by atoms with E-state index in [1.54, 1.807) is 0 Å². The lowest BCUT2D eigenvalue weighted by Crippen LogP contribution is -2.35. The van der Waals surface area contributed by atoms with Crippen molar-refractivity contribution in [3.63, 3.8) is 0 Å². The first kappa shape index (κ1) is 20.5. The van der Waals surface area contributed by atoms with Crippen molar-refractivity contribution in [3.8, 4) is 5.75 Å². The van der Waals surface area contributed by atoms with E-state index in [-0.39, 0.29) is 5.02 Å². The molecule has 1 aromatic heterocycles. The summed E-state index contributed by atoms with van der Waals surface area (Å²) in [6, 6.07) is 11.8. The highest BCUT2D eigenvalue weighted by atomic mass is 35.5. The highest BCUT2D eigenvalue weighted by Crippen LogP contribution is 2.33. The molecule has 0 bridgehead atoms. The number of hydrogen-bond donors (Lipinski definition) is 3. The SMILES string of the molecule is FC(F)(F)Oc1ccc(Nc2nc(NC3CCNCC3)c3ccccc3n2)cc1Cl. The Labute approximate surface area is 175 Å². The zero-order valence-electron chi connectivity index (χ0n) is 15.8. The number of alkyl halides is 3. The topological polar surface area (TPSA) is 71.1 Å². The van der Waals surface area contributed by atoms with Crippen LogP contribution in [0.25, 0.3) is 10.9 Å². The normalized spacial score (nSPS) is 15.2. The lowest BCUT2D eigenvalue weighted by Gasteiger charge is -2.25. The van der Waals surface area contributed by atoms with Crippen LogP contribution in [0.3, 0.4) is 0 Å². The number of nitrogens with one attached hydrogen (secondary N) is 3. The second-order valence-electron chi connectivity index (χ2n) is 6.90. The van der Waals surface area contributed by atoms with E-state index in [1.165, 1.54) is 12.1 Å². The van der Waals surface area contributed by atoms with Gasteiger partial charge in [-0.15, -0.1) is 13.2 Å². The highest BCUT2D eigenvalue weighted by molar-refractivity contribution is 6.32. The van der Waals surface area contributed by atoms with Gasteiger partial charge >= 0.3 is 6.36 Å². The van der Waals surface area contributed by atoms with Crippen molar-refractivity contribution in [2.45, 2.75) is 25.2 Å². The molecule has 0 radical (unpaired) electrons. The quantitative estimate of drug-likeness (QED) is 0.516. The van der Waals surface area contributed by atoms with Crippen LogP contribution < -0.4 is 20.7 Å². The maximum absolute atomic E-state index is 12.4. The molecule has 2 aromatic carbocycles. The molecular formula is C20H19ClF3N5O. The second-order valence-corrected chi connectivity index (χ2v) is 7.31. The zero-order valence-corrected chi connectivity index (χ0v) is 16.5. The van der Waals surface area contributed by atoms with Gasteiger partial charge in [0.05, 0.1) is 10.5 Å². The molecule has 1 aliphatic rings. The number of piperidine rings is 1. The van der Waals surface area contributed by atoms with E-state index in [0.717, 1.165) is 42.9 Å². The summed E-state index contributed by atoms with van der Waals surface area (Å²) in [5.41, 5.74) is 1.19. The molecule has 158 valence electrons. The summed E-state index contributed by atoms with van der Waals surface area (Å²) >= 11 is 5.93. The van der Waals surface area contributed by atoms with Gasteiger partial charge in [0.25, 0.3) is 0 Å². The molecule has 1 saturated heterocycles. The fourth-order valence-electron chi connectivity index (χ4n) is 3.32. The molecular weight excluding hydrogens is 419 g/mol. The Hall–Kier alpha value is -2.78. The first-order valence-corrected chi connectivity index (χ1v) is 9.81. The molecule has 3 aromatic rings. The summed E-state index contributed by atoms with van der Waals surface area (Å²) in [6.45, 7) is 1.88. The van der Waals surface area contributed by atoms with Crippen LogP contribution in [-0.2, 0) is 0 Å². The monoisotopic (exact) mass is 437 g/mol. The van der Waals surface area contributed by atoms with Gasteiger partial charge in [0, 0.05) is 17.1 Å². The lowest BCUT2D eigenvalue weighted by molar-refractivity contribution is -0.274. The minimum atomic E-state index is -4.81. The Morgan fingerprint density at radius 1 is 1.07 bits per heavy atom. The van der Waals surface area contributed by atoms with Crippen molar-refractivity contribution in [3.05, 3.63) is 47.5 Å².